The average Bonchev–Trinajstić information content (AvgIpc) is 1.85. The fourth-order valence-electron chi connectivity index (χ4n) is 0.922. The highest BCUT2D eigenvalue weighted by molar-refractivity contribution is 5.42. The normalized spacial score (nSPS) is 9.64. The Hall–Kier alpha value is -1.38. The molecule has 0 saturated heterocycles. The standard InChI is InChI=1S/C8H8NO2/c1-6-3-4-8(9(10)11)7(2)5-6/h3-5H,1H2,2H3. The zero-order valence-electron chi connectivity index (χ0n) is 6.20. The molecule has 57 valence electrons. The molecule has 0 amide bonds. The number of aryl methyl sites for hydroxylation is 1. The van der Waals surface area contributed by atoms with Crippen molar-refractivity contribution in [2.45, 2.75) is 6.92 Å². The molecule has 0 N–H and O–H groups in total. The number of hydrogen-bond donors (Lipinski definition) is 0. The molecule has 0 aromatic heterocycles. The summed E-state index contributed by atoms with van der Waals surface area (Å²) >= 11 is 0. The van der Waals surface area contributed by atoms with Gasteiger partial charge in [-0.2, -0.15) is 0 Å². The number of hydrogen-bond acceptors (Lipinski definition) is 2. The molecular weight excluding hydrogens is 142 g/mol. The molecule has 1 rings (SSSR count). The van der Waals surface area contributed by atoms with Crippen molar-refractivity contribution < 1.29 is 4.92 Å². The van der Waals surface area contributed by atoms with Crippen molar-refractivity contribution in [2.24, 2.45) is 0 Å². The van der Waals surface area contributed by atoms with E-state index in [1.807, 2.05) is 0 Å². The van der Waals surface area contributed by atoms with Crippen LogP contribution in [0.5, 0.6) is 0 Å². The minimum absolute atomic E-state index is 0.150. The van der Waals surface area contributed by atoms with Crippen molar-refractivity contribution in [3.63, 3.8) is 0 Å². The Morgan fingerprint density at radius 3 is 2.64 bits per heavy atom. The molecule has 1 aromatic rings. The fraction of sp³-hybridized carbons (Fsp3) is 0.125. The molecule has 0 aliphatic rings. The van der Waals surface area contributed by atoms with E-state index in [1.54, 1.807) is 19.1 Å². The molecule has 1 aromatic carbocycles. The van der Waals surface area contributed by atoms with E-state index in [0.717, 1.165) is 5.56 Å². The summed E-state index contributed by atoms with van der Waals surface area (Å²) in [7, 11) is 0. The third kappa shape index (κ3) is 1.55. The van der Waals surface area contributed by atoms with Crippen LogP contribution in [0.1, 0.15) is 11.1 Å². The Kier molecular flexibility index (Phi) is 1.89. The van der Waals surface area contributed by atoms with Crippen LogP contribution >= 0.6 is 0 Å². The highest BCUT2D eigenvalue weighted by Gasteiger charge is 2.07. The first-order valence-corrected chi connectivity index (χ1v) is 3.18. The van der Waals surface area contributed by atoms with Crippen LogP contribution in [-0.2, 0) is 0 Å². The van der Waals surface area contributed by atoms with E-state index in [1.165, 1.54) is 6.07 Å². The van der Waals surface area contributed by atoms with E-state index in [4.69, 9.17) is 0 Å². The molecule has 0 unspecified atom stereocenters. The van der Waals surface area contributed by atoms with Crippen LogP contribution in [0.3, 0.4) is 0 Å². The molecule has 0 saturated carbocycles. The van der Waals surface area contributed by atoms with Gasteiger partial charge in [-0.1, -0.05) is 6.07 Å². The van der Waals surface area contributed by atoms with Gasteiger partial charge >= 0.3 is 0 Å². The van der Waals surface area contributed by atoms with E-state index in [0.29, 0.717) is 5.56 Å². The third-order valence-electron chi connectivity index (χ3n) is 1.46. The monoisotopic (exact) mass is 150 g/mol. The molecule has 0 atom stereocenters. The summed E-state index contributed by atoms with van der Waals surface area (Å²) < 4.78 is 0. The Morgan fingerprint density at radius 1 is 1.55 bits per heavy atom. The Bertz CT molecular complexity index is 294. The molecule has 0 bridgehead atoms. The zero-order chi connectivity index (χ0) is 8.43. The van der Waals surface area contributed by atoms with Crippen molar-refractivity contribution in [3.8, 4) is 0 Å². The number of nitro benzene ring substituents is 1. The van der Waals surface area contributed by atoms with E-state index in [9.17, 15) is 10.1 Å². The molecule has 3 heteroatoms. The predicted molar refractivity (Wildman–Crippen MR) is 42.3 cm³/mol. The highest BCUT2D eigenvalue weighted by Crippen LogP contribution is 2.17. The van der Waals surface area contributed by atoms with E-state index >= 15 is 0 Å². The van der Waals surface area contributed by atoms with Gasteiger partial charge in [0.1, 0.15) is 0 Å². The first-order valence-electron chi connectivity index (χ1n) is 3.18. The molecule has 0 aliphatic heterocycles. The summed E-state index contributed by atoms with van der Waals surface area (Å²) in [6.07, 6.45) is 0. The van der Waals surface area contributed by atoms with Gasteiger partial charge in [-0.25, -0.2) is 0 Å². The SMILES string of the molecule is [CH2]c1ccc([N+](=O)[O-])c(C)c1. The number of benzene rings is 1. The van der Waals surface area contributed by atoms with Crippen LogP contribution in [0, 0.1) is 24.0 Å². The maximum atomic E-state index is 10.3. The lowest BCUT2D eigenvalue weighted by Gasteiger charge is -1.96. The topological polar surface area (TPSA) is 43.1 Å². The Morgan fingerprint density at radius 2 is 2.18 bits per heavy atom. The summed E-state index contributed by atoms with van der Waals surface area (Å²) in [6, 6.07) is 4.79. The largest absolute Gasteiger partial charge is 0.272 e. The smallest absolute Gasteiger partial charge is 0.258 e. The number of nitro groups is 1. The van der Waals surface area contributed by atoms with Gasteiger partial charge in [0.25, 0.3) is 5.69 Å². The molecule has 0 aliphatic carbocycles. The first kappa shape index (κ1) is 7.72. The zero-order valence-corrected chi connectivity index (χ0v) is 6.20. The minimum atomic E-state index is -0.394. The summed E-state index contributed by atoms with van der Waals surface area (Å²) in [6.45, 7) is 5.36. The quantitative estimate of drug-likeness (QED) is 0.454. The fourth-order valence-corrected chi connectivity index (χ4v) is 0.922. The molecule has 0 fully saturated rings. The lowest BCUT2D eigenvalue weighted by Crippen LogP contribution is -1.91. The van der Waals surface area contributed by atoms with Gasteiger partial charge in [0.2, 0.25) is 0 Å². The van der Waals surface area contributed by atoms with Gasteiger partial charge in [0.05, 0.1) is 4.92 Å². The summed E-state index contributed by atoms with van der Waals surface area (Å²) in [5, 5.41) is 10.3. The minimum Gasteiger partial charge on any atom is -0.258 e. The van der Waals surface area contributed by atoms with Crippen molar-refractivity contribution in [2.75, 3.05) is 0 Å². The Labute approximate surface area is 64.8 Å². The van der Waals surface area contributed by atoms with Crippen LogP contribution < -0.4 is 0 Å². The van der Waals surface area contributed by atoms with Crippen molar-refractivity contribution in [1.29, 1.82) is 0 Å². The summed E-state index contributed by atoms with van der Waals surface area (Å²) in [5.41, 5.74) is 1.60. The maximum absolute atomic E-state index is 10.3. The highest BCUT2D eigenvalue weighted by atomic mass is 16.6. The van der Waals surface area contributed by atoms with Crippen LogP contribution in [0.15, 0.2) is 18.2 Å². The second kappa shape index (κ2) is 2.70. The maximum Gasteiger partial charge on any atom is 0.272 e. The molecule has 0 heterocycles. The third-order valence-corrected chi connectivity index (χ3v) is 1.46. The van der Waals surface area contributed by atoms with Gasteiger partial charge in [-0.05, 0) is 25.5 Å². The molecule has 3 nitrogen and oxygen atoms in total. The van der Waals surface area contributed by atoms with Gasteiger partial charge in [0.15, 0.2) is 0 Å². The second-order valence-electron chi connectivity index (χ2n) is 2.38. The van der Waals surface area contributed by atoms with Gasteiger partial charge < -0.3 is 0 Å². The molecule has 1 radical (unpaired) electrons. The second-order valence-corrected chi connectivity index (χ2v) is 2.38. The molecule has 0 spiro atoms. The van der Waals surface area contributed by atoms with E-state index in [2.05, 4.69) is 6.92 Å². The first-order chi connectivity index (χ1) is 5.11. The molecule has 11 heavy (non-hydrogen) atoms. The van der Waals surface area contributed by atoms with Crippen molar-refractivity contribution in [3.05, 3.63) is 46.4 Å². The summed E-state index contributed by atoms with van der Waals surface area (Å²) in [5.74, 6) is 0. The van der Waals surface area contributed by atoms with E-state index in [-0.39, 0.29) is 5.69 Å². The number of nitrogens with zero attached hydrogens (tertiary/aromatic N) is 1. The van der Waals surface area contributed by atoms with Crippen LogP contribution in [0.2, 0.25) is 0 Å². The van der Waals surface area contributed by atoms with Crippen LogP contribution in [-0.4, -0.2) is 4.92 Å². The van der Waals surface area contributed by atoms with Crippen LogP contribution in [0.4, 0.5) is 5.69 Å². The number of rotatable bonds is 1. The van der Waals surface area contributed by atoms with Gasteiger partial charge in [0, 0.05) is 11.6 Å². The van der Waals surface area contributed by atoms with Crippen molar-refractivity contribution in [1.82, 2.24) is 0 Å². The predicted octanol–water partition coefficient (Wildman–Crippen LogP) is 2.09. The van der Waals surface area contributed by atoms with E-state index < -0.39 is 4.92 Å². The molecular formula is C8H8NO2. The van der Waals surface area contributed by atoms with Gasteiger partial charge in [-0.3, -0.25) is 10.1 Å². The van der Waals surface area contributed by atoms with Crippen LogP contribution in [0.25, 0.3) is 0 Å². The average molecular weight is 150 g/mol. The summed E-state index contributed by atoms with van der Waals surface area (Å²) in [4.78, 5) is 9.92. The lowest BCUT2D eigenvalue weighted by molar-refractivity contribution is -0.385. The van der Waals surface area contributed by atoms with Crippen molar-refractivity contribution >= 4 is 5.69 Å². The van der Waals surface area contributed by atoms with Gasteiger partial charge in [-0.15, -0.1) is 0 Å². The lowest BCUT2D eigenvalue weighted by atomic mass is 10.1. The Balaban J connectivity index is 3.20.